The van der Waals surface area contributed by atoms with Crippen LogP contribution in [0.2, 0.25) is 0 Å². The fraction of sp³-hybridized carbons (Fsp3) is 0.400. The first-order valence-corrected chi connectivity index (χ1v) is 7.22. The van der Waals surface area contributed by atoms with E-state index in [-0.39, 0.29) is 11.5 Å². The molecule has 2 aliphatic rings. The molecule has 0 unspecified atom stereocenters. The molecule has 0 saturated carbocycles. The molecule has 1 amide bonds. The Morgan fingerprint density at radius 3 is 3.00 bits per heavy atom. The Balaban J connectivity index is 2.37. The van der Waals surface area contributed by atoms with Gasteiger partial charge < -0.3 is 9.88 Å². The second-order valence-corrected chi connectivity index (χ2v) is 5.63. The van der Waals surface area contributed by atoms with Gasteiger partial charge in [-0.05, 0) is 6.42 Å². The summed E-state index contributed by atoms with van der Waals surface area (Å²) in [5, 5.41) is 4.63. The van der Waals surface area contributed by atoms with Gasteiger partial charge in [0.05, 0.1) is 10.6 Å². The monoisotopic (exact) mass is 256 g/mol. The summed E-state index contributed by atoms with van der Waals surface area (Å²) in [7, 11) is 4.80. The minimum atomic E-state index is -0.126. The van der Waals surface area contributed by atoms with E-state index in [0.717, 1.165) is 17.0 Å². The van der Waals surface area contributed by atoms with Gasteiger partial charge in [0.1, 0.15) is 5.69 Å². The van der Waals surface area contributed by atoms with Crippen molar-refractivity contribution < 1.29 is 4.79 Å². The van der Waals surface area contributed by atoms with E-state index in [4.69, 9.17) is 0 Å². The Morgan fingerprint density at radius 1 is 1.56 bits per heavy atom. The Hall–Kier alpha value is -1.14. The number of hydrogen-bond acceptors (Lipinski definition) is 4. The molecule has 1 N–H and O–H groups in total. The predicted molar refractivity (Wildman–Crippen MR) is 67.6 cm³/mol. The topological polar surface area (TPSA) is 51.1 Å². The molecular formula is C10H12N2O2S2. The third-order valence-corrected chi connectivity index (χ3v) is 4.45. The molecule has 16 heavy (non-hydrogen) atoms. The first kappa shape index (κ1) is 11.3. The van der Waals surface area contributed by atoms with E-state index in [0.29, 0.717) is 12.1 Å². The first-order valence-electron chi connectivity index (χ1n) is 5.01. The van der Waals surface area contributed by atoms with Crippen molar-refractivity contribution >= 4 is 32.3 Å². The average Bonchev–Trinajstić information content (AvgIpc) is 2.79. The van der Waals surface area contributed by atoms with Gasteiger partial charge in [0.15, 0.2) is 0 Å². The lowest BCUT2D eigenvalue weighted by molar-refractivity contribution is -0.116. The highest BCUT2D eigenvalue weighted by atomic mass is 32.9. The van der Waals surface area contributed by atoms with E-state index in [1.165, 1.54) is 10.3 Å². The number of rotatable bonds is 3. The Labute approximate surface area is 100 Å². The Morgan fingerprint density at radius 2 is 2.31 bits per heavy atom. The molecule has 6 heteroatoms. The zero-order chi connectivity index (χ0) is 11.7. The molecule has 0 bridgehead atoms. The molecule has 86 valence electrons. The number of carbonyl (C=O) groups is 1. The van der Waals surface area contributed by atoms with Crippen LogP contribution in [0.15, 0.2) is 10.2 Å². The van der Waals surface area contributed by atoms with Crippen LogP contribution in [0.1, 0.15) is 19.8 Å². The van der Waals surface area contributed by atoms with Crippen molar-refractivity contribution in [3.05, 3.63) is 15.7 Å². The quantitative estimate of drug-likeness (QED) is 0.857. The molecule has 4 nitrogen and oxygen atoms in total. The van der Waals surface area contributed by atoms with E-state index in [2.05, 4.69) is 5.32 Å². The number of nitrogens with one attached hydrogen (secondary N) is 1. The summed E-state index contributed by atoms with van der Waals surface area (Å²) in [4.78, 5) is 24.2. The highest BCUT2D eigenvalue weighted by Gasteiger charge is 2.21. The summed E-state index contributed by atoms with van der Waals surface area (Å²) in [6.45, 7) is 1.94. The van der Waals surface area contributed by atoms with Gasteiger partial charge in [-0.3, -0.25) is 9.59 Å². The predicted octanol–water partition coefficient (Wildman–Crippen LogP) is 2.35. The summed E-state index contributed by atoms with van der Waals surface area (Å²) in [6, 6.07) is 0. The third-order valence-electron chi connectivity index (χ3n) is 2.37. The zero-order valence-corrected chi connectivity index (χ0v) is 10.7. The van der Waals surface area contributed by atoms with Crippen LogP contribution in [0.4, 0.5) is 5.69 Å². The van der Waals surface area contributed by atoms with E-state index in [1.807, 2.05) is 12.3 Å². The van der Waals surface area contributed by atoms with Crippen molar-refractivity contribution in [2.75, 3.05) is 5.32 Å². The number of nitrogens with zero attached hydrogens (tertiary/aromatic N) is 1. The van der Waals surface area contributed by atoms with Crippen LogP contribution in [0.5, 0.6) is 0 Å². The van der Waals surface area contributed by atoms with Gasteiger partial charge in [0.25, 0.3) is 5.56 Å². The van der Waals surface area contributed by atoms with Gasteiger partial charge >= 0.3 is 0 Å². The number of hydrogen-bond donors (Lipinski definition) is 1. The summed E-state index contributed by atoms with van der Waals surface area (Å²) < 4.78 is 1.57. The molecule has 0 spiro atoms. The van der Waals surface area contributed by atoms with Crippen LogP contribution < -0.4 is 10.9 Å². The number of fused-ring (bicyclic) bond motifs is 1. The molecule has 0 aromatic rings. The highest BCUT2D eigenvalue weighted by molar-refractivity contribution is 7.70. The van der Waals surface area contributed by atoms with Gasteiger partial charge in [-0.1, -0.05) is 27.6 Å². The van der Waals surface area contributed by atoms with Gasteiger partial charge in [0.2, 0.25) is 5.91 Å². The molecule has 0 aliphatic carbocycles. The molecule has 0 atom stereocenters. The van der Waals surface area contributed by atoms with Gasteiger partial charge in [-0.15, -0.1) is 0 Å². The molecule has 0 aromatic heterocycles. The largest absolute Gasteiger partial charge is 0.320 e. The number of amides is 1. The van der Waals surface area contributed by atoms with Gasteiger partial charge in [-0.2, -0.15) is 0 Å². The minimum Gasteiger partial charge on any atom is -0.320 e. The van der Waals surface area contributed by atoms with E-state index in [1.54, 1.807) is 22.0 Å². The second kappa shape index (κ2) is 4.39. The maximum Gasteiger partial charge on any atom is 0.276 e. The number of anilines is 1. The van der Waals surface area contributed by atoms with Crippen LogP contribution in [0.3, 0.4) is 0 Å². The summed E-state index contributed by atoms with van der Waals surface area (Å²) >= 11 is 0. The van der Waals surface area contributed by atoms with E-state index < -0.39 is 0 Å². The van der Waals surface area contributed by atoms with Crippen LogP contribution in [-0.2, 0) is 11.8 Å². The van der Waals surface area contributed by atoms with E-state index in [9.17, 15) is 9.59 Å². The van der Waals surface area contributed by atoms with Crippen LogP contribution in [-0.4, -0.2) is 10.5 Å². The summed E-state index contributed by atoms with van der Waals surface area (Å²) in [5.41, 5.74) is 1.20. The highest BCUT2D eigenvalue weighted by Crippen LogP contribution is 2.36. The third kappa shape index (κ3) is 1.78. The lowest BCUT2D eigenvalue weighted by Crippen LogP contribution is -2.19. The molecule has 0 aromatic carbocycles. The first-order chi connectivity index (χ1) is 7.65. The van der Waals surface area contributed by atoms with Crippen LogP contribution in [0.25, 0.3) is 10.6 Å². The molecule has 2 heterocycles. The maximum atomic E-state index is 11.8. The molecular weight excluding hydrogens is 244 g/mol. The Kier molecular flexibility index (Phi) is 3.11. The minimum absolute atomic E-state index is 0.0921. The lowest BCUT2D eigenvalue weighted by Gasteiger charge is -2.00. The van der Waals surface area contributed by atoms with Crippen molar-refractivity contribution in [3.63, 3.8) is 0 Å². The smallest absolute Gasteiger partial charge is 0.276 e. The molecule has 0 fully saturated rings. The van der Waals surface area contributed by atoms with Gasteiger partial charge in [0, 0.05) is 18.8 Å². The molecule has 2 rings (SSSR count). The fourth-order valence-electron chi connectivity index (χ4n) is 1.53. The SMILES string of the molecule is CCCC(=O)Nc1c2sscc-2n(C)c1=O. The van der Waals surface area contributed by atoms with Crippen molar-refractivity contribution in [3.8, 4) is 10.6 Å². The molecule has 0 radical (unpaired) electrons. The van der Waals surface area contributed by atoms with Gasteiger partial charge in [-0.25, -0.2) is 0 Å². The van der Waals surface area contributed by atoms with E-state index >= 15 is 0 Å². The normalized spacial score (nSPS) is 10.9. The van der Waals surface area contributed by atoms with Crippen molar-refractivity contribution in [2.24, 2.45) is 7.05 Å². The summed E-state index contributed by atoms with van der Waals surface area (Å²) in [6.07, 6.45) is 1.23. The average molecular weight is 256 g/mol. The second-order valence-electron chi connectivity index (χ2n) is 3.55. The molecule has 0 saturated heterocycles. The standard InChI is InChI=1S/C10H12N2O2S2/c1-3-4-7(13)11-8-9-6(5-15-16-9)12(2)10(8)14/h5H,3-4H2,1-2H3,(H,11,13). The van der Waals surface area contributed by atoms with Crippen molar-refractivity contribution in [1.29, 1.82) is 0 Å². The lowest BCUT2D eigenvalue weighted by atomic mass is 10.3. The van der Waals surface area contributed by atoms with Crippen molar-refractivity contribution in [2.45, 2.75) is 19.8 Å². The summed E-state index contributed by atoms with van der Waals surface area (Å²) in [5.74, 6) is -0.0921. The zero-order valence-electron chi connectivity index (χ0n) is 9.07. The number of aromatic nitrogens is 1. The van der Waals surface area contributed by atoms with Crippen LogP contribution >= 0.6 is 20.7 Å². The Bertz CT molecular complexity index is 538. The van der Waals surface area contributed by atoms with Crippen LogP contribution in [0, 0.1) is 0 Å². The van der Waals surface area contributed by atoms with Crippen molar-refractivity contribution in [1.82, 2.24) is 4.57 Å². The maximum absolute atomic E-state index is 11.8. The molecule has 2 aliphatic heterocycles. The number of carbonyl (C=O) groups excluding carboxylic acids is 1. The fourth-order valence-corrected chi connectivity index (χ4v) is 3.83.